The van der Waals surface area contributed by atoms with Crippen LogP contribution >= 0.6 is 22.7 Å². The average molecular weight is 471 g/mol. The number of benzene rings is 3. The minimum atomic E-state index is -0.308. The normalized spacial score (nSPS) is 11.6. The number of carbonyl (C=O) groups is 1. The summed E-state index contributed by atoms with van der Waals surface area (Å²) < 4.78 is 14.4. The van der Waals surface area contributed by atoms with Gasteiger partial charge in [0.15, 0.2) is 0 Å². The Morgan fingerprint density at radius 2 is 1.79 bits per heavy atom. The van der Waals surface area contributed by atoms with Gasteiger partial charge in [0.25, 0.3) is 5.91 Å². The number of nitrogens with zero attached hydrogens (tertiary/aromatic N) is 1. The molecule has 1 amide bonds. The molecule has 1 N–H and O–H groups in total. The number of thiophene rings is 1. The second kappa shape index (κ2) is 9.10. The molecule has 3 nitrogen and oxygen atoms in total. The van der Waals surface area contributed by atoms with Crippen LogP contribution < -0.4 is 5.32 Å². The maximum atomic E-state index is 13.3. The van der Waals surface area contributed by atoms with Gasteiger partial charge < -0.3 is 5.32 Å². The summed E-state index contributed by atoms with van der Waals surface area (Å²) in [4.78, 5) is 17.9. The number of anilines is 1. The van der Waals surface area contributed by atoms with Gasteiger partial charge in [-0.15, -0.1) is 11.3 Å². The van der Waals surface area contributed by atoms with Gasteiger partial charge in [0.1, 0.15) is 10.8 Å². The molecule has 0 aliphatic heterocycles. The molecule has 0 saturated carbocycles. The fourth-order valence-electron chi connectivity index (χ4n) is 3.47. The van der Waals surface area contributed by atoms with Crippen LogP contribution in [0.5, 0.6) is 0 Å². The number of hydrogen-bond donors (Lipinski definition) is 1. The summed E-state index contributed by atoms with van der Waals surface area (Å²) in [5.41, 5.74) is 6.01. The van der Waals surface area contributed by atoms with Crippen molar-refractivity contribution in [1.29, 1.82) is 0 Å². The van der Waals surface area contributed by atoms with E-state index in [1.54, 1.807) is 29.5 Å². The van der Waals surface area contributed by atoms with Gasteiger partial charge in [0.05, 0.1) is 10.2 Å². The summed E-state index contributed by atoms with van der Waals surface area (Å²) in [6, 6.07) is 21.9. The van der Waals surface area contributed by atoms with E-state index in [9.17, 15) is 9.18 Å². The Morgan fingerprint density at radius 1 is 1.00 bits per heavy atom. The molecule has 0 unspecified atom stereocenters. The quantitative estimate of drug-likeness (QED) is 0.268. The van der Waals surface area contributed by atoms with Gasteiger partial charge in [0.2, 0.25) is 0 Å². The van der Waals surface area contributed by atoms with Gasteiger partial charge in [-0.2, -0.15) is 11.3 Å². The van der Waals surface area contributed by atoms with Crippen molar-refractivity contribution in [3.8, 4) is 10.6 Å². The highest BCUT2D eigenvalue weighted by molar-refractivity contribution is 7.21. The molecule has 0 saturated heterocycles. The largest absolute Gasteiger partial charge is 0.322 e. The standard InChI is InChI=1S/C27H19FN2OS2/c1-17-2-11-24-25(14-17)33-27(30-24)19-5-9-22(10-6-19)29-26(31)23(20-12-13-32-16-20)15-18-3-7-21(28)8-4-18/h2-16H,1H3,(H,29,31). The van der Waals surface area contributed by atoms with Crippen molar-refractivity contribution in [2.45, 2.75) is 6.92 Å². The second-order valence-electron chi connectivity index (χ2n) is 7.64. The zero-order chi connectivity index (χ0) is 22.8. The maximum Gasteiger partial charge on any atom is 0.256 e. The number of amides is 1. The molecule has 0 aliphatic rings. The molecular formula is C27H19FN2OS2. The molecule has 0 aliphatic carbocycles. The molecular weight excluding hydrogens is 451 g/mol. The molecule has 5 aromatic rings. The average Bonchev–Trinajstić information content (AvgIpc) is 3.49. The lowest BCUT2D eigenvalue weighted by Gasteiger charge is -2.09. The van der Waals surface area contributed by atoms with Crippen molar-refractivity contribution in [1.82, 2.24) is 4.98 Å². The molecule has 0 fully saturated rings. The minimum absolute atomic E-state index is 0.221. The van der Waals surface area contributed by atoms with Crippen LogP contribution in [0.3, 0.4) is 0 Å². The predicted octanol–water partition coefficient (Wildman–Crippen LogP) is 7.65. The highest BCUT2D eigenvalue weighted by Crippen LogP contribution is 2.31. The Labute approximate surface area is 198 Å². The summed E-state index contributed by atoms with van der Waals surface area (Å²) in [7, 11) is 0. The Morgan fingerprint density at radius 3 is 2.52 bits per heavy atom. The third-order valence-corrected chi connectivity index (χ3v) is 6.94. The number of nitrogens with one attached hydrogen (secondary N) is 1. The van der Waals surface area contributed by atoms with Gasteiger partial charge in [-0.25, -0.2) is 9.37 Å². The van der Waals surface area contributed by atoms with E-state index in [2.05, 4.69) is 24.4 Å². The van der Waals surface area contributed by atoms with Crippen LogP contribution in [0.25, 0.3) is 32.4 Å². The Balaban J connectivity index is 1.38. The van der Waals surface area contributed by atoms with Gasteiger partial charge in [-0.3, -0.25) is 4.79 Å². The SMILES string of the molecule is Cc1ccc2nc(-c3ccc(NC(=O)C(=Cc4ccc(F)cc4)c4ccsc4)cc3)sc2c1. The third kappa shape index (κ3) is 4.77. The maximum absolute atomic E-state index is 13.3. The zero-order valence-corrected chi connectivity index (χ0v) is 19.3. The first-order chi connectivity index (χ1) is 16.0. The Hall–Kier alpha value is -3.61. The topological polar surface area (TPSA) is 42.0 Å². The molecule has 6 heteroatoms. The first-order valence-electron chi connectivity index (χ1n) is 10.3. The van der Waals surface area contributed by atoms with Crippen LogP contribution in [-0.4, -0.2) is 10.9 Å². The van der Waals surface area contributed by atoms with Crippen LogP contribution in [0.4, 0.5) is 10.1 Å². The van der Waals surface area contributed by atoms with Crippen molar-refractivity contribution >= 4 is 56.1 Å². The lowest BCUT2D eigenvalue weighted by atomic mass is 10.0. The van der Waals surface area contributed by atoms with E-state index in [4.69, 9.17) is 4.98 Å². The molecule has 3 aromatic carbocycles. The number of rotatable bonds is 5. The van der Waals surface area contributed by atoms with Crippen LogP contribution in [0.2, 0.25) is 0 Å². The van der Waals surface area contributed by atoms with Gasteiger partial charge in [0, 0.05) is 16.8 Å². The molecule has 2 aromatic heterocycles. The summed E-state index contributed by atoms with van der Waals surface area (Å²) in [6.45, 7) is 2.07. The fourth-order valence-corrected chi connectivity index (χ4v) is 5.20. The zero-order valence-electron chi connectivity index (χ0n) is 17.7. The fraction of sp³-hybridized carbons (Fsp3) is 0.0370. The van der Waals surface area contributed by atoms with Crippen molar-refractivity contribution in [3.05, 3.63) is 106 Å². The number of aryl methyl sites for hydroxylation is 1. The molecule has 0 radical (unpaired) electrons. The van der Waals surface area contributed by atoms with Crippen molar-refractivity contribution in [2.75, 3.05) is 5.32 Å². The monoisotopic (exact) mass is 470 g/mol. The van der Waals surface area contributed by atoms with E-state index < -0.39 is 0 Å². The molecule has 33 heavy (non-hydrogen) atoms. The molecule has 162 valence electrons. The summed E-state index contributed by atoms with van der Waals surface area (Å²) in [6.07, 6.45) is 1.77. The molecule has 0 atom stereocenters. The van der Waals surface area contributed by atoms with Crippen molar-refractivity contribution < 1.29 is 9.18 Å². The lowest BCUT2D eigenvalue weighted by Crippen LogP contribution is -2.13. The number of carbonyl (C=O) groups excluding carboxylic acids is 1. The summed E-state index contributed by atoms with van der Waals surface area (Å²) in [5, 5.41) is 7.78. The Bertz CT molecular complexity index is 1450. The molecule has 2 heterocycles. The first-order valence-corrected chi connectivity index (χ1v) is 12.1. The highest BCUT2D eigenvalue weighted by Gasteiger charge is 2.14. The van der Waals surface area contributed by atoms with Gasteiger partial charge >= 0.3 is 0 Å². The van der Waals surface area contributed by atoms with Crippen LogP contribution in [-0.2, 0) is 4.79 Å². The highest BCUT2D eigenvalue weighted by atomic mass is 32.1. The van der Waals surface area contributed by atoms with Gasteiger partial charge in [-0.1, -0.05) is 18.2 Å². The van der Waals surface area contributed by atoms with Crippen molar-refractivity contribution in [2.24, 2.45) is 0 Å². The Kier molecular flexibility index (Phi) is 5.86. The van der Waals surface area contributed by atoms with E-state index in [1.807, 2.05) is 47.2 Å². The summed E-state index contributed by atoms with van der Waals surface area (Å²) >= 11 is 3.18. The number of aromatic nitrogens is 1. The molecule has 5 rings (SSSR count). The minimum Gasteiger partial charge on any atom is -0.322 e. The number of hydrogen-bond acceptors (Lipinski definition) is 4. The number of halogens is 1. The third-order valence-electron chi connectivity index (χ3n) is 5.19. The lowest BCUT2D eigenvalue weighted by molar-refractivity contribution is -0.111. The predicted molar refractivity (Wildman–Crippen MR) is 137 cm³/mol. The molecule has 0 bridgehead atoms. The van der Waals surface area contributed by atoms with Crippen LogP contribution in [0.1, 0.15) is 16.7 Å². The first kappa shape index (κ1) is 21.2. The van der Waals surface area contributed by atoms with Crippen LogP contribution in [0.15, 0.2) is 83.6 Å². The summed E-state index contributed by atoms with van der Waals surface area (Å²) in [5.74, 6) is -0.530. The van der Waals surface area contributed by atoms with E-state index >= 15 is 0 Å². The van der Waals surface area contributed by atoms with Crippen LogP contribution in [0, 0.1) is 12.7 Å². The van der Waals surface area contributed by atoms with E-state index in [0.29, 0.717) is 11.3 Å². The second-order valence-corrected chi connectivity index (χ2v) is 9.45. The number of thiazole rings is 1. The number of fused-ring (bicyclic) bond motifs is 1. The van der Waals surface area contributed by atoms with Crippen molar-refractivity contribution in [3.63, 3.8) is 0 Å². The molecule has 0 spiro atoms. The van der Waals surface area contributed by atoms with E-state index in [-0.39, 0.29) is 11.7 Å². The van der Waals surface area contributed by atoms with Gasteiger partial charge in [-0.05, 0) is 95.0 Å². The van der Waals surface area contributed by atoms with E-state index in [0.717, 1.165) is 31.9 Å². The smallest absolute Gasteiger partial charge is 0.256 e. The van der Waals surface area contributed by atoms with E-state index in [1.165, 1.54) is 29.0 Å².